The average Bonchev–Trinajstić information content (AvgIpc) is 2.59. The van der Waals surface area contributed by atoms with Crippen LogP contribution in [0, 0.1) is 0 Å². The Balaban J connectivity index is 0.00000182. The molecular weight excluding hydrogens is 432 g/mol. The first-order valence-electron chi connectivity index (χ1n) is 8.15. The topological polar surface area (TPSA) is 63.2 Å². The third-order valence-electron chi connectivity index (χ3n) is 4.09. The largest absolute Gasteiger partial charge is 0.437 e. The van der Waals surface area contributed by atoms with Gasteiger partial charge in [0.2, 0.25) is 5.88 Å². The van der Waals surface area contributed by atoms with Gasteiger partial charge in [-0.15, -0.1) is 24.8 Å². The van der Waals surface area contributed by atoms with Gasteiger partial charge in [-0.3, -0.25) is 4.79 Å². The van der Waals surface area contributed by atoms with Gasteiger partial charge in [-0.05, 0) is 44.5 Å². The van der Waals surface area contributed by atoms with Crippen molar-refractivity contribution < 1.29 is 9.53 Å². The number of hydrogen-bond acceptors (Lipinski definition) is 4. The second kappa shape index (κ2) is 10.9. The number of hydrogen-bond donors (Lipinski definition) is 2. The molecule has 0 aliphatic carbocycles. The summed E-state index contributed by atoms with van der Waals surface area (Å²) in [5.74, 6) is 0.637. The number of amides is 1. The summed E-state index contributed by atoms with van der Waals surface area (Å²) in [6, 6.07) is 9.04. The van der Waals surface area contributed by atoms with Crippen LogP contribution in [-0.4, -0.2) is 29.5 Å². The molecule has 148 valence electrons. The number of carbonyl (C=O) groups excluding carboxylic acids is 1. The summed E-state index contributed by atoms with van der Waals surface area (Å²) in [5.41, 5.74) is 0.496. The molecule has 0 spiro atoms. The van der Waals surface area contributed by atoms with E-state index in [1.165, 1.54) is 6.20 Å². The minimum atomic E-state index is -0.126. The summed E-state index contributed by atoms with van der Waals surface area (Å²) in [5, 5.41) is 7.15. The second-order valence-corrected chi connectivity index (χ2v) is 6.87. The molecule has 1 aliphatic heterocycles. The number of nitrogens with zero attached hydrogens (tertiary/aromatic N) is 1. The maximum atomic E-state index is 12.3. The smallest absolute Gasteiger partial charge is 0.253 e. The van der Waals surface area contributed by atoms with Crippen LogP contribution in [0.3, 0.4) is 0 Å². The van der Waals surface area contributed by atoms with Crippen LogP contribution in [0.15, 0.2) is 36.5 Å². The average molecular weight is 453 g/mol. The highest BCUT2D eigenvalue weighted by molar-refractivity contribution is 6.42. The molecule has 0 bridgehead atoms. The molecule has 2 atom stereocenters. The van der Waals surface area contributed by atoms with Crippen LogP contribution in [0.4, 0.5) is 0 Å². The molecule has 3 rings (SSSR count). The molecule has 2 N–H and O–H groups in total. The van der Waals surface area contributed by atoms with Crippen molar-refractivity contribution in [2.45, 2.75) is 31.8 Å². The van der Waals surface area contributed by atoms with Gasteiger partial charge in [-0.2, -0.15) is 0 Å². The molecule has 2 aromatic rings. The van der Waals surface area contributed by atoms with E-state index in [9.17, 15) is 4.79 Å². The van der Waals surface area contributed by atoms with E-state index >= 15 is 0 Å². The van der Waals surface area contributed by atoms with Crippen molar-refractivity contribution in [2.75, 3.05) is 6.54 Å². The van der Waals surface area contributed by atoms with Crippen molar-refractivity contribution >= 4 is 53.9 Å². The van der Waals surface area contributed by atoms with E-state index in [1.54, 1.807) is 30.3 Å². The Morgan fingerprint density at radius 3 is 2.70 bits per heavy atom. The number of carbonyl (C=O) groups is 1. The third kappa shape index (κ3) is 6.40. The van der Waals surface area contributed by atoms with Gasteiger partial charge in [0, 0.05) is 24.3 Å². The molecule has 1 fully saturated rings. The molecule has 1 aromatic heterocycles. The number of aromatic nitrogens is 1. The van der Waals surface area contributed by atoms with Crippen LogP contribution in [0.5, 0.6) is 11.6 Å². The zero-order valence-corrected chi connectivity index (χ0v) is 17.7. The van der Waals surface area contributed by atoms with Crippen molar-refractivity contribution in [3.63, 3.8) is 0 Å². The Kier molecular flexibility index (Phi) is 9.63. The van der Waals surface area contributed by atoms with Crippen LogP contribution in [0.25, 0.3) is 0 Å². The number of ether oxygens (including phenoxy) is 1. The first-order valence-corrected chi connectivity index (χ1v) is 8.90. The van der Waals surface area contributed by atoms with Crippen molar-refractivity contribution in [3.05, 3.63) is 52.1 Å². The van der Waals surface area contributed by atoms with Crippen LogP contribution in [0.1, 0.15) is 30.1 Å². The number of piperidine rings is 1. The van der Waals surface area contributed by atoms with E-state index in [2.05, 4.69) is 22.5 Å². The molecule has 27 heavy (non-hydrogen) atoms. The van der Waals surface area contributed by atoms with Crippen LogP contribution in [-0.2, 0) is 0 Å². The predicted octanol–water partition coefficient (Wildman–Crippen LogP) is 4.89. The Hall–Kier alpha value is -1.24. The van der Waals surface area contributed by atoms with Crippen molar-refractivity contribution in [1.82, 2.24) is 15.6 Å². The Labute approximate surface area is 181 Å². The first-order chi connectivity index (χ1) is 12.0. The molecule has 0 radical (unpaired) electrons. The Morgan fingerprint density at radius 2 is 2.04 bits per heavy atom. The van der Waals surface area contributed by atoms with E-state index in [-0.39, 0.29) is 36.8 Å². The summed E-state index contributed by atoms with van der Waals surface area (Å²) >= 11 is 12.1. The normalized spacial score (nSPS) is 18.6. The van der Waals surface area contributed by atoms with Gasteiger partial charge in [0.25, 0.3) is 5.91 Å². The van der Waals surface area contributed by atoms with Crippen molar-refractivity contribution in [3.8, 4) is 11.6 Å². The molecular formula is C18H21Cl4N3O2. The lowest BCUT2D eigenvalue weighted by Gasteiger charge is -2.28. The lowest BCUT2D eigenvalue weighted by atomic mass is 10.0. The summed E-state index contributed by atoms with van der Waals surface area (Å²) in [7, 11) is 0. The molecule has 2 unspecified atom stereocenters. The molecule has 5 nitrogen and oxygen atoms in total. The van der Waals surface area contributed by atoms with Gasteiger partial charge < -0.3 is 15.4 Å². The molecule has 9 heteroatoms. The number of rotatable bonds is 4. The van der Waals surface area contributed by atoms with E-state index < -0.39 is 0 Å². The lowest BCUT2D eigenvalue weighted by Crippen LogP contribution is -2.46. The fourth-order valence-corrected chi connectivity index (χ4v) is 3.11. The maximum Gasteiger partial charge on any atom is 0.253 e. The predicted molar refractivity (Wildman–Crippen MR) is 113 cm³/mol. The molecule has 1 amide bonds. The van der Waals surface area contributed by atoms with Crippen LogP contribution < -0.4 is 15.4 Å². The van der Waals surface area contributed by atoms with Crippen molar-refractivity contribution in [1.29, 1.82) is 0 Å². The van der Waals surface area contributed by atoms with Crippen molar-refractivity contribution in [2.24, 2.45) is 0 Å². The summed E-state index contributed by atoms with van der Waals surface area (Å²) in [6.07, 6.45) is 3.35. The minimum absolute atomic E-state index is 0. The van der Waals surface area contributed by atoms with E-state index in [1.807, 2.05) is 0 Å². The lowest BCUT2D eigenvalue weighted by molar-refractivity contribution is 0.0925. The molecule has 0 saturated carbocycles. The zero-order valence-electron chi connectivity index (χ0n) is 14.6. The van der Waals surface area contributed by atoms with Crippen LogP contribution >= 0.6 is 48.0 Å². The highest BCUT2D eigenvalue weighted by Crippen LogP contribution is 2.33. The molecule has 2 heterocycles. The van der Waals surface area contributed by atoms with Gasteiger partial charge >= 0.3 is 0 Å². The number of benzene rings is 1. The van der Waals surface area contributed by atoms with E-state index in [4.69, 9.17) is 27.9 Å². The standard InChI is InChI=1S/C18H19Cl2N3O2.2ClH/c1-11-9-13(7-8-21-11)23-18(24)12-5-6-16(22-10-12)25-15-4-2-3-14(19)17(15)20;;/h2-6,10-11,13,21H,7-9H2,1H3,(H,23,24);2*1H. The van der Waals surface area contributed by atoms with Gasteiger partial charge in [0.05, 0.1) is 10.6 Å². The highest BCUT2D eigenvalue weighted by atomic mass is 35.5. The number of nitrogens with one attached hydrogen (secondary N) is 2. The quantitative estimate of drug-likeness (QED) is 0.692. The molecule has 1 aliphatic rings. The van der Waals surface area contributed by atoms with Gasteiger partial charge in [0.1, 0.15) is 10.8 Å². The van der Waals surface area contributed by atoms with Gasteiger partial charge in [-0.1, -0.05) is 29.3 Å². The Bertz CT molecular complexity index is 759. The molecule has 1 aromatic carbocycles. The van der Waals surface area contributed by atoms with Gasteiger partial charge in [-0.25, -0.2) is 4.98 Å². The monoisotopic (exact) mass is 451 g/mol. The molecule has 1 saturated heterocycles. The maximum absolute atomic E-state index is 12.3. The number of pyridine rings is 1. The summed E-state index contributed by atoms with van der Waals surface area (Å²) < 4.78 is 5.62. The summed E-state index contributed by atoms with van der Waals surface area (Å²) in [6.45, 7) is 3.03. The van der Waals surface area contributed by atoms with E-state index in [0.29, 0.717) is 33.3 Å². The third-order valence-corrected chi connectivity index (χ3v) is 4.89. The fraction of sp³-hybridized carbons (Fsp3) is 0.333. The second-order valence-electron chi connectivity index (χ2n) is 6.09. The fourth-order valence-electron chi connectivity index (χ4n) is 2.78. The highest BCUT2D eigenvalue weighted by Gasteiger charge is 2.20. The number of halogens is 4. The SMILES string of the molecule is CC1CC(NC(=O)c2ccc(Oc3cccc(Cl)c3Cl)nc2)CCN1.Cl.Cl. The zero-order chi connectivity index (χ0) is 17.8. The van der Waals surface area contributed by atoms with Crippen LogP contribution in [0.2, 0.25) is 10.0 Å². The van der Waals surface area contributed by atoms with E-state index in [0.717, 1.165) is 19.4 Å². The first kappa shape index (κ1) is 23.8. The minimum Gasteiger partial charge on any atom is -0.437 e. The van der Waals surface area contributed by atoms with Gasteiger partial charge in [0.15, 0.2) is 0 Å². The summed E-state index contributed by atoms with van der Waals surface area (Å²) in [4.78, 5) is 16.5. The Morgan fingerprint density at radius 1 is 1.26 bits per heavy atom.